The van der Waals surface area contributed by atoms with Gasteiger partial charge in [-0.2, -0.15) is 0 Å². The first-order valence-corrected chi connectivity index (χ1v) is 7.16. The largest absolute Gasteiger partial charge is 0.375 e. The highest BCUT2D eigenvalue weighted by Gasteiger charge is 2.50. The van der Waals surface area contributed by atoms with Gasteiger partial charge >= 0.3 is 0 Å². The lowest BCUT2D eigenvalue weighted by Gasteiger charge is -2.21. The number of pyridine rings is 1. The third-order valence-electron chi connectivity index (χ3n) is 3.92. The minimum Gasteiger partial charge on any atom is -0.375 e. The summed E-state index contributed by atoms with van der Waals surface area (Å²) >= 11 is 0. The number of aromatic nitrogens is 1. The predicted molar refractivity (Wildman–Crippen MR) is 81.6 cm³/mol. The van der Waals surface area contributed by atoms with E-state index in [9.17, 15) is 14.7 Å². The highest BCUT2D eigenvalue weighted by molar-refractivity contribution is 6.10. The lowest BCUT2D eigenvalue weighted by Crippen LogP contribution is -2.41. The monoisotopic (exact) mass is 296 g/mol. The number of rotatable bonds is 4. The molecule has 0 bridgehead atoms. The number of aliphatic hydroxyl groups is 1. The van der Waals surface area contributed by atoms with E-state index in [0.29, 0.717) is 17.8 Å². The van der Waals surface area contributed by atoms with Crippen LogP contribution in [0.2, 0.25) is 0 Å². The van der Waals surface area contributed by atoms with Crippen LogP contribution in [0.4, 0.5) is 5.69 Å². The summed E-state index contributed by atoms with van der Waals surface area (Å²) < 4.78 is 0. The molecule has 1 aliphatic heterocycles. The van der Waals surface area contributed by atoms with E-state index in [2.05, 4.69) is 4.98 Å². The van der Waals surface area contributed by atoms with Crippen LogP contribution < -0.4 is 4.90 Å². The number of carbonyl (C=O) groups excluding carboxylic acids is 2. The molecule has 1 aromatic carbocycles. The third-order valence-corrected chi connectivity index (χ3v) is 3.92. The number of fused-ring (bicyclic) bond motifs is 1. The van der Waals surface area contributed by atoms with Crippen molar-refractivity contribution in [1.29, 1.82) is 0 Å². The van der Waals surface area contributed by atoms with Gasteiger partial charge in [-0.1, -0.05) is 24.3 Å². The summed E-state index contributed by atoms with van der Waals surface area (Å²) in [6.07, 6.45) is 1.20. The summed E-state index contributed by atoms with van der Waals surface area (Å²) in [6.45, 7) is 2.27. The second-order valence-corrected chi connectivity index (χ2v) is 5.24. The van der Waals surface area contributed by atoms with E-state index in [-0.39, 0.29) is 17.9 Å². The Morgan fingerprint density at radius 3 is 2.64 bits per heavy atom. The molecule has 2 heterocycles. The maximum atomic E-state index is 12.6. The average Bonchev–Trinajstić information content (AvgIpc) is 2.76. The molecule has 1 aromatic heterocycles. The number of hydrogen-bond donors (Lipinski definition) is 1. The maximum absolute atomic E-state index is 12.6. The predicted octanol–water partition coefficient (Wildman–Crippen LogP) is 1.91. The van der Waals surface area contributed by atoms with Crippen molar-refractivity contribution < 1.29 is 14.7 Å². The van der Waals surface area contributed by atoms with E-state index in [1.807, 2.05) is 6.92 Å². The van der Waals surface area contributed by atoms with Crippen LogP contribution in [0, 0.1) is 0 Å². The molecule has 3 rings (SSSR count). The van der Waals surface area contributed by atoms with E-state index < -0.39 is 11.5 Å². The molecule has 0 fully saturated rings. The van der Waals surface area contributed by atoms with E-state index in [0.717, 1.165) is 0 Å². The van der Waals surface area contributed by atoms with Crippen molar-refractivity contribution in [1.82, 2.24) is 4.98 Å². The number of Topliss-reactive ketones (excluding diaryl/α,β-unsaturated/α-hetero) is 1. The quantitative estimate of drug-likeness (QED) is 0.875. The van der Waals surface area contributed by atoms with Gasteiger partial charge in [-0.05, 0) is 25.1 Å². The van der Waals surface area contributed by atoms with Crippen LogP contribution in [0.5, 0.6) is 0 Å². The molecule has 5 nitrogen and oxygen atoms in total. The van der Waals surface area contributed by atoms with Crippen LogP contribution in [0.25, 0.3) is 0 Å². The Labute approximate surface area is 128 Å². The number of likely N-dealkylation sites (N-methyl/N-ethyl adjacent to an activating group) is 1. The number of para-hydroxylation sites is 1. The van der Waals surface area contributed by atoms with Gasteiger partial charge in [-0.25, -0.2) is 0 Å². The highest BCUT2D eigenvalue weighted by atomic mass is 16.3. The highest BCUT2D eigenvalue weighted by Crippen LogP contribution is 2.42. The number of ketones is 1. The molecule has 5 heteroatoms. The molecule has 0 spiro atoms. The van der Waals surface area contributed by atoms with Crippen molar-refractivity contribution in [3.05, 3.63) is 59.9 Å². The Hall–Kier alpha value is -2.53. The van der Waals surface area contributed by atoms with Crippen molar-refractivity contribution in [2.24, 2.45) is 0 Å². The van der Waals surface area contributed by atoms with Crippen molar-refractivity contribution in [3.8, 4) is 0 Å². The van der Waals surface area contributed by atoms with E-state index >= 15 is 0 Å². The molecule has 2 aromatic rings. The van der Waals surface area contributed by atoms with Crippen LogP contribution >= 0.6 is 0 Å². The Bertz CT molecular complexity index is 730. The van der Waals surface area contributed by atoms with E-state index in [1.165, 1.54) is 11.1 Å². The average molecular weight is 296 g/mol. The van der Waals surface area contributed by atoms with Crippen LogP contribution in [0.1, 0.15) is 29.4 Å². The first kappa shape index (κ1) is 14.4. The number of amides is 1. The summed E-state index contributed by atoms with van der Waals surface area (Å²) in [7, 11) is 0. The van der Waals surface area contributed by atoms with Crippen molar-refractivity contribution in [3.63, 3.8) is 0 Å². The number of anilines is 1. The summed E-state index contributed by atoms with van der Waals surface area (Å²) in [5, 5.41) is 10.9. The lowest BCUT2D eigenvalue weighted by atomic mass is 9.89. The number of carbonyl (C=O) groups is 2. The normalized spacial score (nSPS) is 20.1. The molecule has 0 saturated heterocycles. The molecule has 0 saturated carbocycles. The Morgan fingerprint density at radius 2 is 1.95 bits per heavy atom. The van der Waals surface area contributed by atoms with Crippen LogP contribution in [0.15, 0.2) is 48.7 Å². The van der Waals surface area contributed by atoms with E-state index in [4.69, 9.17) is 0 Å². The van der Waals surface area contributed by atoms with Crippen LogP contribution in [0.3, 0.4) is 0 Å². The summed E-state index contributed by atoms with van der Waals surface area (Å²) in [5.41, 5.74) is -0.435. The van der Waals surface area contributed by atoms with Gasteiger partial charge in [-0.15, -0.1) is 0 Å². The van der Waals surface area contributed by atoms with Crippen molar-refractivity contribution in [2.75, 3.05) is 11.4 Å². The molecule has 1 atom stereocenters. The third kappa shape index (κ3) is 2.10. The first-order chi connectivity index (χ1) is 10.6. The molecule has 1 amide bonds. The van der Waals surface area contributed by atoms with Crippen molar-refractivity contribution in [2.45, 2.75) is 18.9 Å². The number of hydrogen-bond acceptors (Lipinski definition) is 4. The SMILES string of the molecule is CCN1C(=O)[C@](O)(CC(=O)c2ccccn2)c2ccccc21. The minimum absolute atomic E-state index is 0.246. The summed E-state index contributed by atoms with van der Waals surface area (Å²) in [6, 6.07) is 12.0. The molecule has 0 radical (unpaired) electrons. The van der Waals surface area contributed by atoms with Gasteiger partial charge in [0.2, 0.25) is 0 Å². The van der Waals surface area contributed by atoms with Gasteiger partial charge in [0, 0.05) is 18.3 Å². The zero-order chi connectivity index (χ0) is 15.7. The fourth-order valence-corrected chi connectivity index (χ4v) is 2.84. The molecule has 22 heavy (non-hydrogen) atoms. The molecular formula is C17H16N2O3. The molecule has 112 valence electrons. The summed E-state index contributed by atoms with van der Waals surface area (Å²) in [5.74, 6) is -0.815. The molecule has 0 unspecified atom stereocenters. The van der Waals surface area contributed by atoms with Crippen LogP contribution in [-0.2, 0) is 10.4 Å². The minimum atomic E-state index is -1.82. The maximum Gasteiger partial charge on any atom is 0.264 e. The Morgan fingerprint density at radius 1 is 1.23 bits per heavy atom. The van der Waals surface area contributed by atoms with E-state index in [1.54, 1.807) is 42.5 Å². The fourth-order valence-electron chi connectivity index (χ4n) is 2.84. The Kier molecular flexibility index (Phi) is 3.50. The van der Waals surface area contributed by atoms with Gasteiger partial charge in [0.15, 0.2) is 11.4 Å². The second-order valence-electron chi connectivity index (χ2n) is 5.24. The zero-order valence-corrected chi connectivity index (χ0v) is 12.2. The molecule has 0 aliphatic carbocycles. The van der Waals surface area contributed by atoms with Gasteiger partial charge < -0.3 is 10.0 Å². The number of nitrogens with zero attached hydrogens (tertiary/aromatic N) is 2. The molecule has 1 aliphatic rings. The smallest absolute Gasteiger partial charge is 0.264 e. The fraction of sp³-hybridized carbons (Fsp3) is 0.235. The summed E-state index contributed by atoms with van der Waals surface area (Å²) in [4.78, 5) is 30.4. The van der Waals surface area contributed by atoms with Crippen LogP contribution in [-0.4, -0.2) is 28.3 Å². The topological polar surface area (TPSA) is 70.5 Å². The molecular weight excluding hydrogens is 280 g/mol. The van der Waals surface area contributed by atoms with Gasteiger partial charge in [0.1, 0.15) is 5.69 Å². The number of benzene rings is 1. The molecule has 1 N–H and O–H groups in total. The first-order valence-electron chi connectivity index (χ1n) is 7.16. The Balaban J connectivity index is 1.99. The lowest BCUT2D eigenvalue weighted by molar-refractivity contribution is -0.135. The van der Waals surface area contributed by atoms with Gasteiger partial charge in [-0.3, -0.25) is 14.6 Å². The van der Waals surface area contributed by atoms with Gasteiger partial charge in [0.05, 0.1) is 12.1 Å². The standard InChI is InChI=1S/C17H16N2O3/c1-2-19-14-9-4-3-7-12(14)17(22,16(19)21)11-15(20)13-8-5-6-10-18-13/h3-10,22H,2,11H2,1H3/t17-/m0/s1. The van der Waals surface area contributed by atoms with Crippen molar-refractivity contribution >= 4 is 17.4 Å². The second kappa shape index (κ2) is 5.35. The van der Waals surface area contributed by atoms with Gasteiger partial charge in [0.25, 0.3) is 5.91 Å². The zero-order valence-electron chi connectivity index (χ0n) is 12.2.